The Kier molecular flexibility index (Phi) is 6.09. The van der Waals surface area contributed by atoms with E-state index in [2.05, 4.69) is 15.5 Å². The van der Waals surface area contributed by atoms with Crippen molar-refractivity contribution >= 4 is 46.6 Å². The Labute approximate surface area is 172 Å². The largest absolute Gasteiger partial charge is 0.324 e. The van der Waals surface area contributed by atoms with Crippen molar-refractivity contribution in [2.45, 2.75) is 24.3 Å². The lowest BCUT2D eigenvalue weighted by Gasteiger charge is -2.13. The number of aryl methyl sites for hydroxylation is 1. The average molecular weight is 421 g/mol. The first-order valence-electron chi connectivity index (χ1n) is 8.25. The number of nitrogens with one attached hydrogen (secondary N) is 1. The Morgan fingerprint density at radius 3 is 2.63 bits per heavy atom. The molecule has 1 N–H and O–H groups in total. The van der Waals surface area contributed by atoms with Gasteiger partial charge in [-0.2, -0.15) is 0 Å². The lowest BCUT2D eigenvalue weighted by Crippen LogP contribution is -2.23. The minimum atomic E-state index is -0.396. The molecule has 0 radical (unpaired) electrons. The van der Waals surface area contributed by atoms with Gasteiger partial charge in [-0.05, 0) is 31.5 Å². The molecule has 1 unspecified atom stereocenters. The Morgan fingerprint density at radius 1 is 1.15 bits per heavy atom. The quantitative estimate of drug-likeness (QED) is 0.574. The molecule has 0 aliphatic rings. The van der Waals surface area contributed by atoms with Crippen molar-refractivity contribution in [3.63, 3.8) is 0 Å². The molecular weight excluding hydrogens is 403 g/mol. The van der Waals surface area contributed by atoms with Crippen LogP contribution >= 0.6 is 35.0 Å². The van der Waals surface area contributed by atoms with Crippen molar-refractivity contribution in [1.82, 2.24) is 14.8 Å². The van der Waals surface area contributed by atoms with Crippen LogP contribution in [0, 0.1) is 6.92 Å². The third-order valence-corrected chi connectivity index (χ3v) is 6.03. The van der Waals surface area contributed by atoms with Crippen molar-refractivity contribution in [3.8, 4) is 11.4 Å². The molecule has 1 heterocycles. The van der Waals surface area contributed by atoms with Crippen LogP contribution in [-0.2, 0) is 11.8 Å². The second-order valence-corrected chi connectivity index (χ2v) is 8.12. The van der Waals surface area contributed by atoms with E-state index in [1.54, 1.807) is 25.1 Å². The SMILES string of the molecule is Cc1ccccc1-c1nnc(SC(C)C(=O)Nc2cccc(Cl)c2Cl)n1C. The number of amides is 1. The van der Waals surface area contributed by atoms with Crippen molar-refractivity contribution < 1.29 is 4.79 Å². The molecule has 8 heteroatoms. The minimum absolute atomic E-state index is 0.190. The standard InChI is InChI=1S/C19H18Cl2N4OS/c1-11-7-4-5-8-13(11)17-23-24-19(25(17)3)27-12(2)18(26)22-15-10-6-9-14(20)16(15)21/h4-10,12H,1-3H3,(H,22,26). The zero-order valence-electron chi connectivity index (χ0n) is 15.0. The molecule has 140 valence electrons. The fourth-order valence-corrected chi connectivity index (χ4v) is 3.68. The number of hydrogen-bond acceptors (Lipinski definition) is 4. The molecule has 3 aromatic rings. The molecule has 3 rings (SSSR count). The third kappa shape index (κ3) is 4.29. The summed E-state index contributed by atoms with van der Waals surface area (Å²) in [7, 11) is 1.89. The summed E-state index contributed by atoms with van der Waals surface area (Å²) in [5.74, 6) is 0.575. The number of carbonyl (C=O) groups is 1. The van der Waals surface area contributed by atoms with E-state index in [1.807, 2.05) is 42.8 Å². The van der Waals surface area contributed by atoms with Gasteiger partial charge in [0.25, 0.3) is 0 Å². The number of aromatic nitrogens is 3. The van der Waals surface area contributed by atoms with Gasteiger partial charge in [-0.1, -0.05) is 65.3 Å². The van der Waals surface area contributed by atoms with Crippen molar-refractivity contribution in [1.29, 1.82) is 0 Å². The van der Waals surface area contributed by atoms with Crippen LogP contribution in [0.3, 0.4) is 0 Å². The molecule has 0 aliphatic carbocycles. The molecule has 0 fully saturated rings. The van der Waals surface area contributed by atoms with Crippen LogP contribution in [0.15, 0.2) is 47.6 Å². The lowest BCUT2D eigenvalue weighted by molar-refractivity contribution is -0.115. The van der Waals surface area contributed by atoms with E-state index in [-0.39, 0.29) is 5.91 Å². The molecule has 0 saturated heterocycles. The van der Waals surface area contributed by atoms with E-state index in [4.69, 9.17) is 23.2 Å². The Balaban J connectivity index is 1.75. The number of hydrogen-bond donors (Lipinski definition) is 1. The van der Waals surface area contributed by atoms with E-state index < -0.39 is 5.25 Å². The van der Waals surface area contributed by atoms with Gasteiger partial charge in [0, 0.05) is 12.6 Å². The van der Waals surface area contributed by atoms with E-state index in [0.717, 1.165) is 17.0 Å². The monoisotopic (exact) mass is 420 g/mol. The molecular formula is C19H18Cl2N4OS. The zero-order chi connectivity index (χ0) is 19.6. The molecule has 0 spiro atoms. The third-order valence-electron chi connectivity index (χ3n) is 4.08. The summed E-state index contributed by atoms with van der Waals surface area (Å²) in [6, 6.07) is 13.1. The smallest absolute Gasteiger partial charge is 0.237 e. The van der Waals surface area contributed by atoms with Crippen LogP contribution in [-0.4, -0.2) is 25.9 Å². The van der Waals surface area contributed by atoms with Gasteiger partial charge in [0.15, 0.2) is 11.0 Å². The number of anilines is 1. The number of benzene rings is 2. The van der Waals surface area contributed by atoms with Crippen LogP contribution in [0.4, 0.5) is 5.69 Å². The van der Waals surface area contributed by atoms with Gasteiger partial charge in [0.2, 0.25) is 5.91 Å². The predicted molar refractivity (Wildman–Crippen MR) is 112 cm³/mol. The highest BCUT2D eigenvalue weighted by Crippen LogP contribution is 2.31. The predicted octanol–water partition coefficient (Wildman–Crippen LogP) is 5.22. The van der Waals surface area contributed by atoms with E-state index >= 15 is 0 Å². The highest BCUT2D eigenvalue weighted by molar-refractivity contribution is 8.00. The van der Waals surface area contributed by atoms with Crippen LogP contribution in [0.2, 0.25) is 10.0 Å². The van der Waals surface area contributed by atoms with Crippen molar-refractivity contribution in [2.75, 3.05) is 5.32 Å². The highest BCUT2D eigenvalue weighted by atomic mass is 35.5. The molecule has 1 amide bonds. The second kappa shape index (κ2) is 8.33. The summed E-state index contributed by atoms with van der Waals surface area (Å²) in [6.45, 7) is 3.84. The Bertz CT molecular complexity index is 990. The van der Waals surface area contributed by atoms with Crippen molar-refractivity contribution in [2.24, 2.45) is 7.05 Å². The van der Waals surface area contributed by atoms with Crippen LogP contribution in [0.5, 0.6) is 0 Å². The van der Waals surface area contributed by atoms with Crippen LogP contribution in [0.25, 0.3) is 11.4 Å². The first-order valence-corrected chi connectivity index (χ1v) is 9.89. The molecule has 2 aromatic carbocycles. The maximum atomic E-state index is 12.5. The van der Waals surface area contributed by atoms with Crippen LogP contribution < -0.4 is 5.32 Å². The van der Waals surface area contributed by atoms with Gasteiger partial charge < -0.3 is 9.88 Å². The first-order chi connectivity index (χ1) is 12.9. The van der Waals surface area contributed by atoms with Gasteiger partial charge in [0.05, 0.1) is 21.0 Å². The average Bonchev–Trinajstić information content (AvgIpc) is 3.00. The highest BCUT2D eigenvalue weighted by Gasteiger charge is 2.21. The van der Waals surface area contributed by atoms with Gasteiger partial charge >= 0.3 is 0 Å². The Morgan fingerprint density at radius 2 is 1.89 bits per heavy atom. The zero-order valence-corrected chi connectivity index (χ0v) is 17.4. The summed E-state index contributed by atoms with van der Waals surface area (Å²) in [5, 5.41) is 12.3. The van der Waals surface area contributed by atoms with E-state index in [1.165, 1.54) is 11.8 Å². The maximum Gasteiger partial charge on any atom is 0.237 e. The number of halogens is 2. The molecule has 1 aromatic heterocycles. The summed E-state index contributed by atoms with van der Waals surface area (Å²) >= 11 is 13.5. The summed E-state index contributed by atoms with van der Waals surface area (Å²) < 4.78 is 1.89. The van der Waals surface area contributed by atoms with E-state index in [0.29, 0.717) is 20.9 Å². The number of nitrogens with zero attached hydrogens (tertiary/aromatic N) is 3. The molecule has 5 nitrogen and oxygen atoms in total. The molecule has 27 heavy (non-hydrogen) atoms. The molecule has 0 saturated carbocycles. The summed E-state index contributed by atoms with van der Waals surface area (Å²) in [5.41, 5.74) is 2.62. The van der Waals surface area contributed by atoms with E-state index in [9.17, 15) is 4.79 Å². The van der Waals surface area contributed by atoms with Gasteiger partial charge in [0.1, 0.15) is 0 Å². The summed E-state index contributed by atoms with van der Waals surface area (Å²) in [6.07, 6.45) is 0. The number of rotatable bonds is 5. The maximum absolute atomic E-state index is 12.5. The van der Waals surface area contributed by atoms with Gasteiger partial charge in [-0.25, -0.2) is 0 Å². The minimum Gasteiger partial charge on any atom is -0.324 e. The summed E-state index contributed by atoms with van der Waals surface area (Å²) in [4.78, 5) is 12.5. The van der Waals surface area contributed by atoms with Crippen LogP contribution in [0.1, 0.15) is 12.5 Å². The molecule has 1 atom stereocenters. The lowest BCUT2D eigenvalue weighted by atomic mass is 10.1. The van der Waals surface area contributed by atoms with Gasteiger partial charge in [-0.3, -0.25) is 4.79 Å². The van der Waals surface area contributed by atoms with Crippen molar-refractivity contribution in [3.05, 3.63) is 58.1 Å². The first kappa shape index (κ1) is 19.7. The fraction of sp³-hybridized carbons (Fsp3) is 0.211. The van der Waals surface area contributed by atoms with Gasteiger partial charge in [-0.15, -0.1) is 10.2 Å². The Hall–Kier alpha value is -2.02. The fourth-order valence-electron chi connectivity index (χ4n) is 2.52. The molecule has 0 bridgehead atoms. The normalized spacial score (nSPS) is 12.0. The number of carbonyl (C=O) groups excluding carboxylic acids is 1. The molecule has 0 aliphatic heterocycles. The second-order valence-electron chi connectivity index (χ2n) is 6.03. The topological polar surface area (TPSA) is 59.8 Å². The number of thioether (sulfide) groups is 1.